The Morgan fingerprint density at radius 2 is 0.702 bits per heavy atom. The van der Waals surface area contributed by atoms with Gasteiger partial charge < -0.3 is 18.2 Å². The van der Waals surface area contributed by atoms with Gasteiger partial charge in [-0.05, 0) is 222 Å². The molecule has 3 heterocycles. The third-order valence-electron chi connectivity index (χ3n) is 23.8. The molecule has 94 heavy (non-hydrogen) atoms. The van der Waals surface area contributed by atoms with Gasteiger partial charge in [0.1, 0.15) is 33.5 Å². The number of aryl methyl sites for hydroxylation is 3. The summed E-state index contributed by atoms with van der Waals surface area (Å²) in [5, 5.41) is 7.10. The molecule has 0 saturated carbocycles. The molecule has 12 aromatic carbocycles. The first kappa shape index (κ1) is 54.4. The molecular formula is C90H71NO3. The van der Waals surface area contributed by atoms with Crippen LogP contribution in [0, 0.1) is 20.8 Å². The second-order valence-corrected chi connectivity index (χ2v) is 30.8. The van der Waals surface area contributed by atoms with Crippen molar-refractivity contribution in [3.8, 4) is 66.8 Å². The van der Waals surface area contributed by atoms with Crippen LogP contribution < -0.4 is 4.90 Å². The summed E-state index contributed by atoms with van der Waals surface area (Å²) in [6, 6.07) is 73.8. The molecule has 15 aromatic rings. The minimum absolute atomic E-state index is 0.217. The maximum Gasteiger partial charge on any atom is 0.144 e. The van der Waals surface area contributed by atoms with Gasteiger partial charge in [0.05, 0.1) is 0 Å². The summed E-state index contributed by atoms with van der Waals surface area (Å²) in [6.45, 7) is 31.1. The number of hydrogen-bond donors (Lipinski definition) is 0. The smallest absolute Gasteiger partial charge is 0.144 e. The van der Waals surface area contributed by atoms with Crippen LogP contribution in [-0.2, 0) is 27.1 Å². The number of anilines is 3. The molecule has 0 amide bonds. The molecular weight excluding hydrogens is 1140 g/mol. The van der Waals surface area contributed by atoms with Gasteiger partial charge in [-0.3, -0.25) is 0 Å². The summed E-state index contributed by atoms with van der Waals surface area (Å²) in [4.78, 5) is 2.58. The first-order valence-electron chi connectivity index (χ1n) is 33.7. The Bertz CT molecular complexity index is 6030. The lowest BCUT2D eigenvalue weighted by molar-refractivity contribution is 0.600. The zero-order valence-corrected chi connectivity index (χ0v) is 55.6. The monoisotopic (exact) mass is 1210 g/mol. The van der Waals surface area contributed by atoms with Crippen molar-refractivity contribution in [3.63, 3.8) is 0 Å². The lowest BCUT2D eigenvalue weighted by Gasteiger charge is -2.32. The number of nitrogens with zero attached hydrogens (tertiary/aromatic N) is 1. The topological polar surface area (TPSA) is 42.7 Å². The van der Waals surface area contributed by atoms with Gasteiger partial charge in [0.2, 0.25) is 0 Å². The van der Waals surface area contributed by atoms with Crippen LogP contribution in [0.1, 0.15) is 142 Å². The van der Waals surface area contributed by atoms with Gasteiger partial charge in [-0.25, -0.2) is 0 Å². The normalized spacial score (nSPS) is 16.4. The molecule has 0 bridgehead atoms. The molecule has 0 radical (unpaired) electrons. The molecule has 454 valence electrons. The standard InChI is InChI=1S/C90H71NO3/c1-46-38-47(2)74(48(3)39-46)61-45-69-75(79-57-24-16-20-28-71(57)93-84(61)79)54-34-31-50(41-65(54)88(69,8)9)91(49-30-33-52-59-43-68-60(44-67(59)87(6,7)64(52)40-49)76-63(86(68,4)5)36-37-73-77(76)56-23-15-19-27-70(56)92-73)51-32-35-55-66(42-51)90(12,13)82-78(55)80-58-25-17-21-29-72(58)94-85(80)81-53-22-14-18-26-62(53)89(10,11)83(81)82/h14-45H,1-13H3. The van der Waals surface area contributed by atoms with Crippen molar-refractivity contribution in [3.05, 3.63) is 266 Å². The van der Waals surface area contributed by atoms with Crippen LogP contribution in [-0.4, -0.2) is 0 Å². The Kier molecular flexibility index (Phi) is 10.2. The maximum absolute atomic E-state index is 7.13. The number of fused-ring (bicyclic) bond motifs is 29. The van der Waals surface area contributed by atoms with Crippen molar-refractivity contribution in [2.75, 3.05) is 4.90 Å². The van der Waals surface area contributed by atoms with Gasteiger partial charge in [0, 0.05) is 87.6 Å². The van der Waals surface area contributed by atoms with Crippen molar-refractivity contribution in [2.24, 2.45) is 0 Å². The van der Waals surface area contributed by atoms with Crippen LogP contribution in [0.3, 0.4) is 0 Å². The van der Waals surface area contributed by atoms with Gasteiger partial charge in [-0.2, -0.15) is 0 Å². The summed E-state index contributed by atoms with van der Waals surface area (Å²) < 4.78 is 20.8. The minimum Gasteiger partial charge on any atom is -0.456 e. The summed E-state index contributed by atoms with van der Waals surface area (Å²) in [5.74, 6) is 0. The first-order chi connectivity index (χ1) is 45.1. The second kappa shape index (κ2) is 17.5. The van der Waals surface area contributed by atoms with E-state index in [1.807, 2.05) is 0 Å². The lowest BCUT2D eigenvalue weighted by Crippen LogP contribution is -2.24. The third kappa shape index (κ3) is 6.55. The average Bonchev–Trinajstić information content (AvgIpc) is 1.51. The molecule has 0 atom stereocenters. The fraction of sp³-hybridized carbons (Fsp3) is 0.200. The molecule has 4 nitrogen and oxygen atoms in total. The first-order valence-corrected chi connectivity index (χ1v) is 33.7. The summed E-state index contributed by atoms with van der Waals surface area (Å²) >= 11 is 0. The van der Waals surface area contributed by atoms with Crippen molar-refractivity contribution < 1.29 is 13.3 Å². The fourth-order valence-corrected chi connectivity index (χ4v) is 19.5. The molecule has 0 aliphatic heterocycles. The molecule has 0 saturated heterocycles. The average molecular weight is 1210 g/mol. The van der Waals surface area contributed by atoms with Gasteiger partial charge in [0.25, 0.3) is 0 Å². The molecule has 3 aromatic heterocycles. The van der Waals surface area contributed by atoms with Crippen molar-refractivity contribution in [1.82, 2.24) is 0 Å². The Morgan fingerprint density at radius 1 is 0.266 bits per heavy atom. The number of furan rings is 3. The fourth-order valence-electron chi connectivity index (χ4n) is 19.5. The Morgan fingerprint density at radius 3 is 1.36 bits per heavy atom. The van der Waals surface area contributed by atoms with E-state index < -0.39 is 5.41 Å². The quantitative estimate of drug-likeness (QED) is 0.176. The second-order valence-electron chi connectivity index (χ2n) is 30.8. The van der Waals surface area contributed by atoms with E-state index >= 15 is 0 Å². The number of benzene rings is 12. The van der Waals surface area contributed by atoms with E-state index in [1.165, 1.54) is 155 Å². The summed E-state index contributed by atoms with van der Waals surface area (Å²) in [5.41, 5.74) is 40.0. The SMILES string of the molecule is Cc1cc(C)c(-c2cc3c(c4c2oc2ccccc24)-c2ccc(N(c4ccc5c(c4)C(C)(C)c4cc6c(cc4-5)C(C)(C)c4ccc5oc7ccccc7c5c4-6)c4ccc5c(c4)C(C)(C)c4c6c(c7oc8ccccc8c7c4-5)-c4ccccc4C6(C)C)cc2C3(C)C)c(C)c1. The predicted molar refractivity (Wildman–Crippen MR) is 390 cm³/mol. The molecule has 20 rings (SSSR count). The molecule has 5 aliphatic rings. The summed E-state index contributed by atoms with van der Waals surface area (Å²) in [7, 11) is 0. The molecule has 4 heteroatoms. The Hall–Kier alpha value is -10.2. The molecule has 0 N–H and O–H groups in total. The van der Waals surface area contributed by atoms with E-state index in [1.54, 1.807) is 0 Å². The largest absolute Gasteiger partial charge is 0.456 e. The van der Waals surface area contributed by atoms with Crippen LogP contribution in [0.5, 0.6) is 0 Å². The van der Waals surface area contributed by atoms with E-state index in [-0.39, 0.29) is 21.7 Å². The number of rotatable bonds is 4. The molecule has 0 spiro atoms. The molecule has 0 fully saturated rings. The van der Waals surface area contributed by atoms with Crippen LogP contribution >= 0.6 is 0 Å². The number of para-hydroxylation sites is 3. The zero-order chi connectivity index (χ0) is 63.9. The van der Waals surface area contributed by atoms with E-state index in [9.17, 15) is 0 Å². The third-order valence-corrected chi connectivity index (χ3v) is 23.8. The Labute approximate surface area is 548 Å². The van der Waals surface area contributed by atoms with E-state index in [2.05, 4.69) is 289 Å². The maximum atomic E-state index is 7.13. The van der Waals surface area contributed by atoms with Crippen LogP contribution in [0.25, 0.3) is 133 Å². The van der Waals surface area contributed by atoms with Crippen molar-refractivity contribution >= 4 is 82.9 Å². The molecule has 5 aliphatic carbocycles. The number of hydrogen-bond acceptors (Lipinski definition) is 4. The van der Waals surface area contributed by atoms with Crippen LogP contribution in [0.4, 0.5) is 17.1 Å². The van der Waals surface area contributed by atoms with E-state index in [4.69, 9.17) is 13.3 Å². The minimum atomic E-state index is -0.392. The highest BCUT2D eigenvalue weighted by Crippen LogP contribution is 2.65. The van der Waals surface area contributed by atoms with E-state index in [0.717, 1.165) is 66.9 Å². The highest BCUT2D eigenvalue weighted by atomic mass is 16.3. The highest BCUT2D eigenvalue weighted by Gasteiger charge is 2.50. The van der Waals surface area contributed by atoms with Crippen LogP contribution in [0.15, 0.2) is 207 Å². The lowest BCUT2D eigenvalue weighted by atomic mass is 9.72. The van der Waals surface area contributed by atoms with Gasteiger partial charge in [0.15, 0.2) is 0 Å². The van der Waals surface area contributed by atoms with E-state index in [0.29, 0.717) is 0 Å². The Balaban J connectivity index is 0.808. The predicted octanol–water partition coefficient (Wildman–Crippen LogP) is 25.0. The van der Waals surface area contributed by atoms with Crippen molar-refractivity contribution in [1.29, 1.82) is 0 Å². The highest BCUT2D eigenvalue weighted by molar-refractivity contribution is 6.22. The zero-order valence-electron chi connectivity index (χ0n) is 55.6. The van der Waals surface area contributed by atoms with Crippen LogP contribution in [0.2, 0.25) is 0 Å². The van der Waals surface area contributed by atoms with Gasteiger partial charge in [-0.1, -0.05) is 190 Å². The summed E-state index contributed by atoms with van der Waals surface area (Å²) in [6.07, 6.45) is 0. The van der Waals surface area contributed by atoms with Gasteiger partial charge >= 0.3 is 0 Å². The van der Waals surface area contributed by atoms with Gasteiger partial charge in [-0.15, -0.1) is 0 Å². The molecule has 0 unspecified atom stereocenters. The van der Waals surface area contributed by atoms with Crippen molar-refractivity contribution in [2.45, 2.75) is 117 Å².